The van der Waals surface area contributed by atoms with Crippen molar-refractivity contribution in [2.45, 2.75) is 25.8 Å². The lowest BCUT2D eigenvalue weighted by atomic mass is 10.2. The number of guanidine groups is 1. The topological polar surface area (TPSA) is 39.7 Å². The summed E-state index contributed by atoms with van der Waals surface area (Å²) in [6.07, 6.45) is 2.15. The molecule has 0 saturated carbocycles. The third-order valence-corrected chi connectivity index (χ3v) is 5.14. The molecule has 1 atom stereocenters. The molecule has 1 fully saturated rings. The first kappa shape index (κ1) is 16.8. The van der Waals surface area contributed by atoms with E-state index in [9.17, 15) is 0 Å². The van der Waals surface area contributed by atoms with Gasteiger partial charge in [-0.15, -0.1) is 11.3 Å². The fourth-order valence-electron chi connectivity index (χ4n) is 3.00. The lowest BCUT2D eigenvalue weighted by Gasteiger charge is -2.20. The average Bonchev–Trinajstić information content (AvgIpc) is 3.28. The Hall–Kier alpha value is -2.01. The van der Waals surface area contributed by atoms with Crippen molar-refractivity contribution in [2.75, 3.05) is 31.1 Å². The Bertz CT molecular complexity index is 624. The molecule has 0 aliphatic carbocycles. The van der Waals surface area contributed by atoms with E-state index < -0.39 is 0 Å². The lowest BCUT2D eigenvalue weighted by Crippen LogP contribution is -2.44. The largest absolute Gasteiger partial charge is 0.369 e. The van der Waals surface area contributed by atoms with Gasteiger partial charge >= 0.3 is 0 Å². The number of rotatable bonds is 6. The molecule has 4 nitrogen and oxygen atoms in total. The molecule has 2 heterocycles. The maximum absolute atomic E-state index is 4.73. The van der Waals surface area contributed by atoms with E-state index in [0.29, 0.717) is 6.04 Å². The van der Waals surface area contributed by atoms with Gasteiger partial charge in [0.2, 0.25) is 0 Å². The molecule has 1 unspecified atom stereocenters. The van der Waals surface area contributed by atoms with Gasteiger partial charge in [0.1, 0.15) is 0 Å². The van der Waals surface area contributed by atoms with E-state index in [-0.39, 0.29) is 0 Å². The van der Waals surface area contributed by atoms with E-state index in [1.165, 1.54) is 10.6 Å². The van der Waals surface area contributed by atoms with Crippen LogP contribution >= 0.6 is 11.3 Å². The maximum atomic E-state index is 4.73. The smallest absolute Gasteiger partial charge is 0.191 e. The lowest BCUT2D eigenvalue weighted by molar-refractivity contribution is 0.649. The van der Waals surface area contributed by atoms with Gasteiger partial charge in [-0.2, -0.15) is 0 Å². The van der Waals surface area contributed by atoms with Gasteiger partial charge in [0, 0.05) is 49.2 Å². The molecular formula is C19H26N4S. The Morgan fingerprint density at radius 2 is 2.12 bits per heavy atom. The van der Waals surface area contributed by atoms with Gasteiger partial charge in [0.25, 0.3) is 0 Å². The van der Waals surface area contributed by atoms with E-state index in [1.54, 1.807) is 11.3 Å². The van der Waals surface area contributed by atoms with E-state index >= 15 is 0 Å². The van der Waals surface area contributed by atoms with Crippen LogP contribution in [0.3, 0.4) is 0 Å². The van der Waals surface area contributed by atoms with Gasteiger partial charge in [0.05, 0.1) is 0 Å². The third kappa shape index (κ3) is 4.74. The number of para-hydroxylation sites is 1. The van der Waals surface area contributed by atoms with Crippen molar-refractivity contribution in [3.63, 3.8) is 0 Å². The number of aliphatic imine (C=N–C) groups is 1. The summed E-state index contributed by atoms with van der Waals surface area (Å²) in [5, 5.41) is 9.09. The Labute approximate surface area is 148 Å². The van der Waals surface area contributed by atoms with E-state index in [4.69, 9.17) is 4.99 Å². The highest BCUT2D eigenvalue weighted by Gasteiger charge is 2.23. The zero-order valence-electron chi connectivity index (χ0n) is 14.2. The van der Waals surface area contributed by atoms with Crippen molar-refractivity contribution in [3.05, 3.63) is 52.7 Å². The first-order valence-corrected chi connectivity index (χ1v) is 9.60. The van der Waals surface area contributed by atoms with Crippen molar-refractivity contribution in [3.8, 4) is 0 Å². The molecule has 0 radical (unpaired) electrons. The van der Waals surface area contributed by atoms with Crippen molar-refractivity contribution in [1.29, 1.82) is 0 Å². The maximum Gasteiger partial charge on any atom is 0.191 e. The number of hydrogen-bond donors (Lipinski definition) is 2. The molecule has 24 heavy (non-hydrogen) atoms. The normalized spacial score (nSPS) is 18.0. The van der Waals surface area contributed by atoms with Crippen LogP contribution in [0.15, 0.2) is 52.8 Å². The van der Waals surface area contributed by atoms with Crippen LogP contribution in [0.4, 0.5) is 5.69 Å². The van der Waals surface area contributed by atoms with Crippen LogP contribution < -0.4 is 15.5 Å². The summed E-state index contributed by atoms with van der Waals surface area (Å²) in [5.41, 5.74) is 1.31. The Morgan fingerprint density at radius 1 is 1.25 bits per heavy atom. The zero-order valence-corrected chi connectivity index (χ0v) is 15.1. The summed E-state index contributed by atoms with van der Waals surface area (Å²) in [4.78, 5) is 8.56. The van der Waals surface area contributed by atoms with Gasteiger partial charge in [0.15, 0.2) is 5.96 Å². The Balaban J connectivity index is 1.52. The minimum absolute atomic E-state index is 0.449. The predicted molar refractivity (Wildman–Crippen MR) is 104 cm³/mol. The summed E-state index contributed by atoms with van der Waals surface area (Å²) >= 11 is 1.80. The average molecular weight is 343 g/mol. The highest BCUT2D eigenvalue weighted by atomic mass is 32.1. The van der Waals surface area contributed by atoms with Crippen LogP contribution in [0, 0.1) is 0 Å². The fourth-order valence-corrected chi connectivity index (χ4v) is 3.70. The highest BCUT2D eigenvalue weighted by molar-refractivity contribution is 7.09. The van der Waals surface area contributed by atoms with E-state index in [2.05, 4.69) is 70.3 Å². The number of hydrogen-bond acceptors (Lipinski definition) is 3. The van der Waals surface area contributed by atoms with Gasteiger partial charge in [-0.1, -0.05) is 24.3 Å². The molecule has 128 valence electrons. The number of thiophene rings is 1. The monoisotopic (exact) mass is 342 g/mol. The SMILES string of the molecule is CCNC(=NCCc1cccs1)NC1CCN(c2ccccc2)C1. The molecule has 2 N–H and O–H groups in total. The van der Waals surface area contributed by atoms with Crippen LogP contribution in [-0.2, 0) is 6.42 Å². The van der Waals surface area contributed by atoms with Crippen molar-refractivity contribution in [1.82, 2.24) is 10.6 Å². The minimum Gasteiger partial charge on any atom is -0.369 e. The van der Waals surface area contributed by atoms with Gasteiger partial charge in [-0.25, -0.2) is 0 Å². The van der Waals surface area contributed by atoms with E-state index in [1.807, 2.05) is 0 Å². The van der Waals surface area contributed by atoms with Crippen LogP contribution in [0.25, 0.3) is 0 Å². The summed E-state index contributed by atoms with van der Waals surface area (Å²) in [5.74, 6) is 0.939. The highest BCUT2D eigenvalue weighted by Crippen LogP contribution is 2.19. The fraction of sp³-hybridized carbons (Fsp3) is 0.421. The van der Waals surface area contributed by atoms with Crippen LogP contribution in [0.5, 0.6) is 0 Å². The molecule has 1 saturated heterocycles. The quantitative estimate of drug-likeness (QED) is 0.626. The van der Waals surface area contributed by atoms with Crippen molar-refractivity contribution in [2.24, 2.45) is 4.99 Å². The first-order valence-electron chi connectivity index (χ1n) is 8.72. The van der Waals surface area contributed by atoms with Crippen molar-refractivity contribution >= 4 is 23.0 Å². The summed E-state index contributed by atoms with van der Waals surface area (Å²) in [6, 6.07) is 15.4. The molecule has 1 aliphatic rings. The number of nitrogens with one attached hydrogen (secondary N) is 2. The Morgan fingerprint density at radius 3 is 2.88 bits per heavy atom. The molecule has 0 bridgehead atoms. The van der Waals surface area contributed by atoms with Gasteiger partial charge in [-0.3, -0.25) is 4.99 Å². The van der Waals surface area contributed by atoms with Crippen LogP contribution in [-0.4, -0.2) is 38.2 Å². The first-order chi connectivity index (χ1) is 11.8. The molecule has 3 rings (SSSR count). The minimum atomic E-state index is 0.449. The third-order valence-electron chi connectivity index (χ3n) is 4.20. The summed E-state index contributed by atoms with van der Waals surface area (Å²) < 4.78 is 0. The second kappa shape index (κ2) is 8.73. The van der Waals surface area contributed by atoms with Crippen LogP contribution in [0.2, 0.25) is 0 Å². The molecule has 0 spiro atoms. The molecule has 1 aliphatic heterocycles. The Kier molecular flexibility index (Phi) is 6.13. The molecular weight excluding hydrogens is 316 g/mol. The second-order valence-electron chi connectivity index (χ2n) is 6.00. The predicted octanol–water partition coefficient (Wildman–Crippen LogP) is 3.12. The summed E-state index contributed by atoms with van der Waals surface area (Å²) in [6.45, 7) is 5.95. The standard InChI is InChI=1S/C19H26N4S/c1-2-20-19(21-12-10-18-9-6-14-24-18)22-16-11-13-23(15-16)17-7-4-3-5-8-17/h3-9,14,16H,2,10-13,15H2,1H3,(H2,20,21,22). The van der Waals surface area contributed by atoms with Crippen molar-refractivity contribution < 1.29 is 0 Å². The summed E-state index contributed by atoms with van der Waals surface area (Å²) in [7, 11) is 0. The van der Waals surface area contributed by atoms with Gasteiger partial charge < -0.3 is 15.5 Å². The molecule has 1 aromatic heterocycles. The van der Waals surface area contributed by atoms with Crippen LogP contribution in [0.1, 0.15) is 18.2 Å². The molecule has 1 aromatic carbocycles. The molecule has 2 aromatic rings. The number of benzene rings is 1. The number of nitrogens with zero attached hydrogens (tertiary/aromatic N) is 2. The zero-order chi connectivity index (χ0) is 16.6. The van der Waals surface area contributed by atoms with Gasteiger partial charge in [-0.05, 0) is 36.9 Å². The van der Waals surface area contributed by atoms with E-state index in [0.717, 1.165) is 45.0 Å². The number of anilines is 1. The second-order valence-corrected chi connectivity index (χ2v) is 7.03. The molecule has 5 heteroatoms. The molecule has 0 amide bonds.